The van der Waals surface area contributed by atoms with Crippen LogP contribution in [0.1, 0.15) is 39.5 Å². The second kappa shape index (κ2) is 4.92. The minimum absolute atomic E-state index is 0.0374. The number of rotatable bonds is 3. The summed E-state index contributed by atoms with van der Waals surface area (Å²) in [6, 6.07) is -0.147. The van der Waals surface area contributed by atoms with Crippen molar-refractivity contribution in [1.82, 2.24) is 5.32 Å². The molecule has 5 heteroatoms. The summed E-state index contributed by atoms with van der Waals surface area (Å²) in [6.45, 7) is 4.46. The van der Waals surface area contributed by atoms with Gasteiger partial charge in [0.2, 0.25) is 0 Å². The van der Waals surface area contributed by atoms with Gasteiger partial charge >= 0.3 is 6.18 Å². The second-order valence-corrected chi connectivity index (χ2v) is 4.70. The van der Waals surface area contributed by atoms with E-state index in [0.717, 1.165) is 0 Å². The van der Waals surface area contributed by atoms with Gasteiger partial charge < -0.3 is 10.4 Å². The number of halogens is 3. The fraction of sp³-hybridized carbons (Fsp3) is 1.00. The Morgan fingerprint density at radius 2 is 1.88 bits per heavy atom. The topological polar surface area (TPSA) is 32.3 Å². The molecule has 0 aliphatic heterocycles. The number of aliphatic hydroxyl groups is 1. The third kappa shape index (κ3) is 3.10. The predicted molar refractivity (Wildman–Crippen MR) is 56.1 cm³/mol. The Bertz CT molecular complexity index is 222. The van der Waals surface area contributed by atoms with Crippen molar-refractivity contribution >= 4 is 0 Å². The van der Waals surface area contributed by atoms with Crippen molar-refractivity contribution in [3.05, 3.63) is 0 Å². The number of likely N-dealkylation sites (N-methyl/N-ethyl adjacent to an activating group) is 1. The van der Waals surface area contributed by atoms with Gasteiger partial charge in [0, 0.05) is 6.04 Å². The van der Waals surface area contributed by atoms with Gasteiger partial charge in [0.1, 0.15) is 0 Å². The molecule has 0 saturated heterocycles. The third-order valence-electron chi connectivity index (χ3n) is 3.63. The van der Waals surface area contributed by atoms with Gasteiger partial charge in [0.15, 0.2) is 0 Å². The fourth-order valence-corrected chi connectivity index (χ4v) is 2.37. The normalized spacial score (nSPS) is 33.8. The molecule has 2 N–H and O–H groups in total. The molecule has 1 aliphatic rings. The average Bonchev–Trinajstić information content (AvgIpc) is 2.17. The standard InChI is InChI=1S/C11H20F3NO/c1-3-15-8(2)10(16)6-4-9(5-7-10)11(12,13)14/h8-9,15-16H,3-7H2,1-2H3. The van der Waals surface area contributed by atoms with E-state index in [4.69, 9.17) is 0 Å². The molecule has 0 heterocycles. The largest absolute Gasteiger partial charge is 0.391 e. The lowest BCUT2D eigenvalue weighted by Crippen LogP contribution is -2.52. The zero-order chi connectivity index (χ0) is 12.4. The van der Waals surface area contributed by atoms with Gasteiger partial charge in [-0.3, -0.25) is 0 Å². The molecule has 0 bridgehead atoms. The molecular formula is C11H20F3NO. The highest BCUT2D eigenvalue weighted by atomic mass is 19.4. The smallest absolute Gasteiger partial charge is 0.388 e. The molecule has 1 rings (SSSR count). The van der Waals surface area contributed by atoms with Crippen LogP contribution in [0.2, 0.25) is 0 Å². The third-order valence-corrected chi connectivity index (χ3v) is 3.63. The van der Waals surface area contributed by atoms with Crippen molar-refractivity contribution in [2.24, 2.45) is 5.92 Å². The summed E-state index contributed by atoms with van der Waals surface area (Å²) in [5, 5.41) is 13.3. The first-order valence-electron chi connectivity index (χ1n) is 5.82. The minimum atomic E-state index is -4.11. The highest BCUT2D eigenvalue weighted by Gasteiger charge is 2.46. The van der Waals surface area contributed by atoms with Gasteiger partial charge in [0.05, 0.1) is 11.5 Å². The summed E-state index contributed by atoms with van der Waals surface area (Å²) < 4.78 is 37.3. The lowest BCUT2D eigenvalue weighted by Gasteiger charge is -2.40. The van der Waals surface area contributed by atoms with Crippen LogP contribution in [-0.4, -0.2) is 29.5 Å². The molecule has 0 aromatic heterocycles. The van der Waals surface area contributed by atoms with E-state index in [2.05, 4.69) is 5.32 Å². The van der Waals surface area contributed by atoms with Crippen LogP contribution in [0.15, 0.2) is 0 Å². The first kappa shape index (κ1) is 13.8. The van der Waals surface area contributed by atoms with Crippen LogP contribution in [-0.2, 0) is 0 Å². The summed E-state index contributed by atoms with van der Waals surface area (Å²) in [6.07, 6.45) is -3.58. The van der Waals surface area contributed by atoms with Crippen LogP contribution in [0.5, 0.6) is 0 Å². The first-order valence-corrected chi connectivity index (χ1v) is 5.82. The van der Waals surface area contributed by atoms with E-state index in [9.17, 15) is 18.3 Å². The molecule has 2 nitrogen and oxygen atoms in total. The van der Waals surface area contributed by atoms with E-state index in [1.807, 2.05) is 13.8 Å². The molecule has 0 aromatic rings. The molecule has 1 fully saturated rings. The highest BCUT2D eigenvalue weighted by Crippen LogP contribution is 2.42. The van der Waals surface area contributed by atoms with Gasteiger partial charge in [0.25, 0.3) is 0 Å². The van der Waals surface area contributed by atoms with E-state index >= 15 is 0 Å². The van der Waals surface area contributed by atoms with Crippen LogP contribution < -0.4 is 5.32 Å². The van der Waals surface area contributed by atoms with E-state index in [1.54, 1.807) is 0 Å². The lowest BCUT2D eigenvalue weighted by molar-refractivity contribution is -0.194. The highest BCUT2D eigenvalue weighted by molar-refractivity contribution is 4.94. The number of alkyl halides is 3. The van der Waals surface area contributed by atoms with Crippen LogP contribution in [0.3, 0.4) is 0 Å². The predicted octanol–water partition coefficient (Wildman–Crippen LogP) is 2.47. The minimum Gasteiger partial charge on any atom is -0.388 e. The monoisotopic (exact) mass is 239 g/mol. The summed E-state index contributed by atoms with van der Waals surface area (Å²) in [4.78, 5) is 0. The van der Waals surface area contributed by atoms with Crippen molar-refractivity contribution in [3.8, 4) is 0 Å². The van der Waals surface area contributed by atoms with Crippen LogP contribution in [0.25, 0.3) is 0 Å². The van der Waals surface area contributed by atoms with E-state index in [-0.39, 0.29) is 31.7 Å². The summed E-state index contributed by atoms with van der Waals surface area (Å²) in [5.74, 6) is -1.23. The Balaban J connectivity index is 2.53. The molecule has 16 heavy (non-hydrogen) atoms. The molecule has 0 spiro atoms. The molecule has 0 aromatic carbocycles. The molecule has 1 unspecified atom stereocenters. The van der Waals surface area contributed by atoms with Gasteiger partial charge in [-0.1, -0.05) is 6.92 Å². The van der Waals surface area contributed by atoms with E-state index in [0.29, 0.717) is 6.54 Å². The Morgan fingerprint density at radius 1 is 1.38 bits per heavy atom. The Hall–Kier alpha value is -0.290. The maximum atomic E-state index is 12.4. The van der Waals surface area contributed by atoms with Crippen LogP contribution in [0, 0.1) is 5.92 Å². The van der Waals surface area contributed by atoms with Crippen LogP contribution in [0.4, 0.5) is 13.2 Å². The molecule has 1 aliphatic carbocycles. The summed E-state index contributed by atoms with van der Waals surface area (Å²) in [5.41, 5.74) is -0.974. The Kier molecular flexibility index (Phi) is 4.23. The molecular weight excluding hydrogens is 219 g/mol. The van der Waals surface area contributed by atoms with Crippen molar-refractivity contribution in [1.29, 1.82) is 0 Å². The van der Waals surface area contributed by atoms with Crippen molar-refractivity contribution in [2.75, 3.05) is 6.54 Å². The molecule has 0 radical (unpaired) electrons. The van der Waals surface area contributed by atoms with E-state index in [1.165, 1.54) is 0 Å². The summed E-state index contributed by atoms with van der Waals surface area (Å²) in [7, 11) is 0. The lowest BCUT2D eigenvalue weighted by atomic mass is 9.75. The number of nitrogens with one attached hydrogen (secondary N) is 1. The number of hydrogen-bond acceptors (Lipinski definition) is 2. The van der Waals surface area contributed by atoms with Crippen molar-refractivity contribution in [2.45, 2.75) is 57.3 Å². The van der Waals surface area contributed by atoms with Crippen LogP contribution >= 0.6 is 0 Å². The van der Waals surface area contributed by atoms with Gasteiger partial charge in [-0.15, -0.1) is 0 Å². The molecule has 1 atom stereocenters. The quantitative estimate of drug-likeness (QED) is 0.793. The second-order valence-electron chi connectivity index (χ2n) is 4.70. The maximum absolute atomic E-state index is 12.4. The van der Waals surface area contributed by atoms with E-state index < -0.39 is 17.7 Å². The molecule has 96 valence electrons. The molecule has 1 saturated carbocycles. The first-order chi connectivity index (χ1) is 7.29. The Labute approximate surface area is 94.2 Å². The zero-order valence-corrected chi connectivity index (χ0v) is 9.77. The van der Waals surface area contributed by atoms with Crippen molar-refractivity contribution in [3.63, 3.8) is 0 Å². The Morgan fingerprint density at radius 3 is 2.25 bits per heavy atom. The molecule has 0 amide bonds. The maximum Gasteiger partial charge on any atom is 0.391 e. The van der Waals surface area contributed by atoms with Gasteiger partial charge in [-0.2, -0.15) is 13.2 Å². The van der Waals surface area contributed by atoms with Gasteiger partial charge in [-0.25, -0.2) is 0 Å². The SMILES string of the molecule is CCNC(C)C1(O)CCC(C(F)(F)F)CC1. The average molecular weight is 239 g/mol. The number of hydrogen-bond donors (Lipinski definition) is 2. The summed E-state index contributed by atoms with van der Waals surface area (Å²) >= 11 is 0. The van der Waals surface area contributed by atoms with Gasteiger partial charge in [-0.05, 0) is 39.2 Å². The zero-order valence-electron chi connectivity index (χ0n) is 9.77. The fourth-order valence-electron chi connectivity index (χ4n) is 2.37. The van der Waals surface area contributed by atoms with Crippen molar-refractivity contribution < 1.29 is 18.3 Å².